The smallest absolute Gasteiger partial charge is 0.392 e. The first-order valence-electron chi connectivity index (χ1n) is 10.8. The van der Waals surface area contributed by atoms with E-state index in [2.05, 4.69) is 5.16 Å². The van der Waals surface area contributed by atoms with Crippen LogP contribution in [0, 0.1) is 11.3 Å². The number of aliphatic hydroxyl groups excluding tert-OH is 1. The van der Waals surface area contributed by atoms with Gasteiger partial charge in [-0.05, 0) is 29.9 Å². The predicted octanol–water partition coefficient (Wildman–Crippen LogP) is 2.85. The van der Waals surface area contributed by atoms with E-state index in [0.717, 1.165) is 5.57 Å². The fourth-order valence-electron chi connectivity index (χ4n) is 5.35. The van der Waals surface area contributed by atoms with E-state index in [1.807, 2.05) is 6.08 Å². The van der Waals surface area contributed by atoms with Crippen molar-refractivity contribution in [2.45, 2.75) is 31.0 Å². The van der Waals surface area contributed by atoms with Crippen molar-refractivity contribution in [3.8, 4) is 0 Å². The molecule has 5 rings (SSSR count). The molecule has 3 atom stereocenters. The van der Waals surface area contributed by atoms with Gasteiger partial charge in [-0.3, -0.25) is 4.79 Å². The van der Waals surface area contributed by atoms with E-state index in [9.17, 15) is 31.5 Å². The second-order valence-electron chi connectivity index (χ2n) is 8.91. The average molecular weight is 497 g/mol. The van der Waals surface area contributed by atoms with E-state index < -0.39 is 27.0 Å². The summed E-state index contributed by atoms with van der Waals surface area (Å²) in [5.74, 6) is -0.520. The third kappa shape index (κ3) is 3.55. The summed E-state index contributed by atoms with van der Waals surface area (Å²) in [6.45, 7) is 0.125. The minimum atomic E-state index is -5.55. The van der Waals surface area contributed by atoms with E-state index >= 15 is 0 Å². The zero-order valence-corrected chi connectivity index (χ0v) is 18.7. The Hall–Kier alpha value is -2.70. The standard InChI is InChI=1S/C22H22F3N3O5S/c23-22(24,25)34(31,32)28-13-21(11-17(21)19(28)15-3-1-14(12-29)2-4-15)16-6-9-27(10-7-16)20(30)18-5-8-26-33-18/h1-6,8,17,19,29H,7,9-13H2/t17-,19+,21+/m0/s1. The Morgan fingerprint density at radius 3 is 2.53 bits per heavy atom. The SMILES string of the molecule is O=C(c1ccno1)N1CC=C([C@]23C[C@H]2[C@@H](c2ccc(CO)cc2)N(S(=O)(=O)C(F)(F)F)C3)CC1. The number of carbonyl (C=O) groups is 1. The molecule has 12 heteroatoms. The Balaban J connectivity index is 1.44. The molecule has 34 heavy (non-hydrogen) atoms. The lowest BCUT2D eigenvalue weighted by atomic mass is 9.88. The maximum absolute atomic E-state index is 13.5. The molecule has 3 aliphatic rings. The van der Waals surface area contributed by atoms with Crippen LogP contribution >= 0.6 is 0 Å². The largest absolute Gasteiger partial charge is 0.511 e. The van der Waals surface area contributed by atoms with Crippen molar-refractivity contribution in [1.29, 1.82) is 0 Å². The molecule has 8 nitrogen and oxygen atoms in total. The number of aliphatic hydroxyl groups is 1. The molecule has 1 aromatic heterocycles. The van der Waals surface area contributed by atoms with Gasteiger partial charge in [0, 0.05) is 31.1 Å². The number of benzene rings is 1. The van der Waals surface area contributed by atoms with Gasteiger partial charge < -0.3 is 14.5 Å². The number of aromatic nitrogens is 1. The lowest BCUT2D eigenvalue weighted by Crippen LogP contribution is -2.43. The number of alkyl halides is 3. The number of sulfonamides is 1. The molecule has 3 heterocycles. The van der Waals surface area contributed by atoms with Gasteiger partial charge in [-0.1, -0.05) is 41.1 Å². The first kappa shape index (κ1) is 23.1. The summed E-state index contributed by atoms with van der Waals surface area (Å²) in [4.78, 5) is 14.1. The number of hydrogen-bond donors (Lipinski definition) is 1. The summed E-state index contributed by atoms with van der Waals surface area (Å²) in [6, 6.07) is 6.84. The Labute approximate surface area is 193 Å². The molecule has 1 saturated carbocycles. The Morgan fingerprint density at radius 1 is 1.24 bits per heavy atom. The molecule has 1 aliphatic carbocycles. The lowest BCUT2D eigenvalue weighted by molar-refractivity contribution is -0.0498. The number of fused-ring (bicyclic) bond motifs is 1. The minimum absolute atomic E-state index is 0.106. The summed E-state index contributed by atoms with van der Waals surface area (Å²) in [6.07, 6.45) is 4.21. The zero-order valence-electron chi connectivity index (χ0n) is 17.9. The summed E-state index contributed by atoms with van der Waals surface area (Å²) < 4.78 is 71.1. The molecule has 1 saturated heterocycles. The highest BCUT2D eigenvalue weighted by atomic mass is 32.2. The molecule has 1 amide bonds. The third-order valence-corrected chi connectivity index (χ3v) is 8.71. The van der Waals surface area contributed by atoms with Crippen LogP contribution in [-0.2, 0) is 16.6 Å². The van der Waals surface area contributed by atoms with Crippen LogP contribution in [0.3, 0.4) is 0 Å². The molecular formula is C22H22F3N3O5S. The van der Waals surface area contributed by atoms with Gasteiger partial charge in [0.1, 0.15) is 0 Å². The maximum atomic E-state index is 13.5. The van der Waals surface area contributed by atoms with E-state index in [4.69, 9.17) is 4.52 Å². The van der Waals surface area contributed by atoms with Gasteiger partial charge in [-0.2, -0.15) is 17.5 Å². The second kappa shape index (κ2) is 7.92. The summed E-state index contributed by atoms with van der Waals surface area (Å²) in [5.41, 5.74) is -4.15. The molecule has 2 aromatic rings. The van der Waals surface area contributed by atoms with E-state index in [0.29, 0.717) is 34.8 Å². The van der Waals surface area contributed by atoms with Gasteiger partial charge in [-0.25, -0.2) is 8.42 Å². The molecular weight excluding hydrogens is 475 g/mol. The molecule has 1 N–H and O–H groups in total. The van der Waals surface area contributed by atoms with Crippen molar-refractivity contribution >= 4 is 15.9 Å². The van der Waals surface area contributed by atoms with Crippen molar-refractivity contribution in [2.75, 3.05) is 19.6 Å². The van der Waals surface area contributed by atoms with Gasteiger partial charge in [0.25, 0.3) is 5.91 Å². The maximum Gasteiger partial charge on any atom is 0.511 e. The Kier molecular flexibility index (Phi) is 5.37. The molecule has 1 aromatic carbocycles. The van der Waals surface area contributed by atoms with Crippen LogP contribution in [0.4, 0.5) is 13.2 Å². The zero-order chi connectivity index (χ0) is 24.3. The Bertz CT molecular complexity index is 1230. The second-order valence-corrected chi connectivity index (χ2v) is 10.8. The van der Waals surface area contributed by atoms with Crippen LogP contribution in [0.15, 0.2) is 52.7 Å². The highest BCUT2D eigenvalue weighted by molar-refractivity contribution is 7.90. The van der Waals surface area contributed by atoms with Gasteiger partial charge >= 0.3 is 15.5 Å². The third-order valence-electron chi connectivity index (χ3n) is 7.15. The van der Waals surface area contributed by atoms with Crippen LogP contribution in [0.1, 0.15) is 40.6 Å². The number of halogens is 3. The van der Waals surface area contributed by atoms with Crippen molar-refractivity contribution in [1.82, 2.24) is 14.4 Å². The predicted molar refractivity (Wildman–Crippen MR) is 112 cm³/mol. The number of nitrogens with zero attached hydrogens (tertiary/aromatic N) is 3. The van der Waals surface area contributed by atoms with Crippen molar-refractivity contribution in [3.63, 3.8) is 0 Å². The highest BCUT2D eigenvalue weighted by Gasteiger charge is 2.71. The van der Waals surface area contributed by atoms with Crippen molar-refractivity contribution in [3.05, 3.63) is 65.1 Å². The first-order valence-corrected chi connectivity index (χ1v) is 12.2. The summed E-state index contributed by atoms with van der Waals surface area (Å²) in [5, 5.41) is 12.8. The number of hydrogen-bond acceptors (Lipinski definition) is 6. The monoisotopic (exact) mass is 497 g/mol. The number of carbonyl (C=O) groups excluding carboxylic acids is 1. The first-order chi connectivity index (χ1) is 16.1. The highest BCUT2D eigenvalue weighted by Crippen LogP contribution is 2.71. The fourth-order valence-corrected chi connectivity index (χ4v) is 6.58. The molecule has 0 unspecified atom stereocenters. The van der Waals surface area contributed by atoms with Crippen LogP contribution in [0.25, 0.3) is 0 Å². The van der Waals surface area contributed by atoms with E-state index in [1.54, 1.807) is 29.2 Å². The number of amides is 1. The topological polar surface area (TPSA) is 104 Å². The fraction of sp³-hybridized carbons (Fsp3) is 0.455. The van der Waals surface area contributed by atoms with Crippen molar-refractivity contribution in [2.24, 2.45) is 11.3 Å². The molecule has 2 aliphatic heterocycles. The summed E-state index contributed by atoms with van der Waals surface area (Å²) in [7, 11) is -5.55. The molecule has 0 spiro atoms. The van der Waals surface area contributed by atoms with E-state index in [-0.39, 0.29) is 37.3 Å². The van der Waals surface area contributed by atoms with Crippen LogP contribution < -0.4 is 0 Å². The normalized spacial score (nSPS) is 27.4. The van der Waals surface area contributed by atoms with Crippen LogP contribution in [-0.4, -0.2) is 58.9 Å². The number of piperidine rings is 1. The molecule has 0 bridgehead atoms. The quantitative estimate of drug-likeness (QED) is 0.638. The molecule has 182 valence electrons. The van der Waals surface area contributed by atoms with Gasteiger partial charge in [0.2, 0.25) is 5.76 Å². The molecule has 2 fully saturated rings. The van der Waals surface area contributed by atoms with E-state index in [1.165, 1.54) is 12.3 Å². The summed E-state index contributed by atoms with van der Waals surface area (Å²) >= 11 is 0. The van der Waals surface area contributed by atoms with Gasteiger partial charge in [0.05, 0.1) is 18.8 Å². The lowest BCUT2D eigenvalue weighted by Gasteiger charge is -2.30. The Morgan fingerprint density at radius 2 is 1.97 bits per heavy atom. The van der Waals surface area contributed by atoms with Gasteiger partial charge in [0.15, 0.2) is 0 Å². The van der Waals surface area contributed by atoms with Gasteiger partial charge in [-0.15, -0.1) is 0 Å². The minimum Gasteiger partial charge on any atom is -0.392 e. The number of rotatable bonds is 5. The van der Waals surface area contributed by atoms with Crippen LogP contribution in [0.2, 0.25) is 0 Å². The van der Waals surface area contributed by atoms with Crippen molar-refractivity contribution < 1.29 is 36.0 Å². The van der Waals surface area contributed by atoms with Crippen LogP contribution in [0.5, 0.6) is 0 Å². The molecule has 0 radical (unpaired) electrons. The average Bonchev–Trinajstić information content (AvgIpc) is 3.16.